The van der Waals surface area contributed by atoms with Gasteiger partial charge in [-0.3, -0.25) is 4.79 Å². The van der Waals surface area contributed by atoms with Crippen molar-refractivity contribution in [2.75, 3.05) is 19.0 Å². The van der Waals surface area contributed by atoms with Crippen molar-refractivity contribution in [3.63, 3.8) is 0 Å². The highest BCUT2D eigenvalue weighted by molar-refractivity contribution is 5.94. The number of alkyl halides is 3. The van der Waals surface area contributed by atoms with Gasteiger partial charge in [0.15, 0.2) is 0 Å². The lowest BCUT2D eigenvalue weighted by Crippen LogP contribution is -2.24. The quantitative estimate of drug-likeness (QED) is 0.931. The van der Waals surface area contributed by atoms with E-state index in [0.29, 0.717) is 11.6 Å². The maximum absolute atomic E-state index is 12.5. The summed E-state index contributed by atoms with van der Waals surface area (Å²) in [7, 11) is 3.61. The summed E-state index contributed by atoms with van der Waals surface area (Å²) >= 11 is 0. The normalized spacial score (nSPS) is 11.2. The number of nitrogens with zero attached hydrogens (tertiary/aromatic N) is 3. The molecular formula is C16H17F3N4O. The fourth-order valence-electron chi connectivity index (χ4n) is 1.99. The summed E-state index contributed by atoms with van der Waals surface area (Å²) in [6.07, 6.45) is -4.42. The van der Waals surface area contributed by atoms with Crippen LogP contribution in [0.4, 0.5) is 19.1 Å². The minimum atomic E-state index is -4.42. The molecule has 0 unspecified atom stereocenters. The molecule has 1 aromatic carbocycles. The van der Waals surface area contributed by atoms with Crippen molar-refractivity contribution in [3.05, 3.63) is 52.8 Å². The van der Waals surface area contributed by atoms with E-state index in [1.54, 1.807) is 25.1 Å². The summed E-state index contributed by atoms with van der Waals surface area (Å²) in [6.45, 7) is 1.97. The smallest absolute Gasteiger partial charge is 0.347 e. The van der Waals surface area contributed by atoms with Crippen LogP contribution in [0.3, 0.4) is 0 Å². The number of carbonyl (C=O) groups is 1. The van der Waals surface area contributed by atoms with Gasteiger partial charge < -0.3 is 10.2 Å². The Bertz CT molecular complexity index is 727. The van der Waals surface area contributed by atoms with Crippen LogP contribution in [0, 0.1) is 6.92 Å². The van der Waals surface area contributed by atoms with Crippen molar-refractivity contribution in [1.29, 1.82) is 0 Å². The van der Waals surface area contributed by atoms with Gasteiger partial charge in [-0.2, -0.15) is 13.2 Å². The largest absolute Gasteiger partial charge is 0.416 e. The molecule has 0 saturated heterocycles. The zero-order valence-corrected chi connectivity index (χ0v) is 13.5. The highest BCUT2D eigenvalue weighted by Gasteiger charge is 2.30. The van der Waals surface area contributed by atoms with Gasteiger partial charge >= 0.3 is 6.18 Å². The van der Waals surface area contributed by atoms with Gasteiger partial charge in [-0.1, -0.05) is 0 Å². The summed E-state index contributed by atoms with van der Waals surface area (Å²) in [6, 6.07) is 5.80. The number of benzene rings is 1. The number of rotatable bonds is 4. The minimum absolute atomic E-state index is 0.154. The molecule has 0 aliphatic heterocycles. The zero-order valence-electron chi connectivity index (χ0n) is 13.5. The lowest BCUT2D eigenvalue weighted by Gasteiger charge is -2.13. The van der Waals surface area contributed by atoms with Crippen molar-refractivity contribution in [3.8, 4) is 0 Å². The third-order valence-corrected chi connectivity index (χ3v) is 3.20. The Kier molecular flexibility index (Phi) is 5.06. The third-order valence-electron chi connectivity index (χ3n) is 3.20. The Balaban J connectivity index is 2.05. The predicted molar refractivity (Wildman–Crippen MR) is 83.7 cm³/mol. The Morgan fingerprint density at radius 1 is 1.17 bits per heavy atom. The van der Waals surface area contributed by atoms with Gasteiger partial charge in [0.05, 0.1) is 17.8 Å². The molecule has 0 aliphatic rings. The Morgan fingerprint density at radius 3 is 2.33 bits per heavy atom. The monoisotopic (exact) mass is 338 g/mol. The molecule has 0 spiro atoms. The average molecular weight is 338 g/mol. The van der Waals surface area contributed by atoms with Gasteiger partial charge in [0.1, 0.15) is 0 Å². The fraction of sp³-hybridized carbons (Fsp3) is 0.312. The summed E-state index contributed by atoms with van der Waals surface area (Å²) in [5.41, 5.74) is 0.738. The molecule has 2 aromatic rings. The Labute approximate surface area is 137 Å². The first-order valence-electron chi connectivity index (χ1n) is 7.14. The maximum Gasteiger partial charge on any atom is 0.416 e. The van der Waals surface area contributed by atoms with Gasteiger partial charge in [-0.25, -0.2) is 9.97 Å². The van der Waals surface area contributed by atoms with Crippen molar-refractivity contribution in [2.24, 2.45) is 0 Å². The number of aryl methyl sites for hydroxylation is 1. The van der Waals surface area contributed by atoms with E-state index >= 15 is 0 Å². The highest BCUT2D eigenvalue weighted by Crippen LogP contribution is 2.29. The summed E-state index contributed by atoms with van der Waals surface area (Å²) in [5, 5.41) is 2.64. The third kappa shape index (κ3) is 4.43. The van der Waals surface area contributed by atoms with Gasteiger partial charge in [-0.15, -0.1) is 0 Å². The van der Waals surface area contributed by atoms with Gasteiger partial charge in [-0.05, 0) is 37.3 Å². The first-order chi connectivity index (χ1) is 11.2. The molecule has 8 heteroatoms. The highest BCUT2D eigenvalue weighted by atomic mass is 19.4. The van der Waals surface area contributed by atoms with Crippen LogP contribution >= 0.6 is 0 Å². The average Bonchev–Trinajstić information content (AvgIpc) is 2.51. The SMILES string of the molecule is Cc1cc(CNC(=O)c2ccc(C(F)(F)F)cc2)nc(N(C)C)n1. The number of carbonyl (C=O) groups excluding carboxylic acids is 1. The molecule has 0 radical (unpaired) electrons. The van der Waals surface area contributed by atoms with Crippen LogP contribution in [0.25, 0.3) is 0 Å². The second kappa shape index (κ2) is 6.86. The Hall–Kier alpha value is -2.64. The van der Waals surface area contributed by atoms with Gasteiger partial charge in [0.25, 0.3) is 5.91 Å². The minimum Gasteiger partial charge on any atom is -0.347 e. The number of amides is 1. The molecule has 1 aromatic heterocycles. The van der Waals surface area contributed by atoms with Crippen molar-refractivity contribution >= 4 is 11.9 Å². The Morgan fingerprint density at radius 2 is 1.79 bits per heavy atom. The molecule has 1 amide bonds. The van der Waals surface area contributed by atoms with Gasteiger partial charge in [0, 0.05) is 25.4 Å². The summed E-state index contributed by atoms with van der Waals surface area (Å²) in [4.78, 5) is 22.3. The molecule has 0 fully saturated rings. The first kappa shape index (κ1) is 17.7. The van der Waals surface area contributed by atoms with Crippen LogP contribution in [0.1, 0.15) is 27.3 Å². The molecule has 5 nitrogen and oxygen atoms in total. The molecule has 1 heterocycles. The van der Waals surface area contributed by atoms with Crippen LogP contribution in [-0.2, 0) is 12.7 Å². The van der Waals surface area contributed by atoms with E-state index in [0.717, 1.165) is 30.0 Å². The topological polar surface area (TPSA) is 58.1 Å². The van der Waals surface area contributed by atoms with E-state index in [9.17, 15) is 18.0 Å². The van der Waals surface area contributed by atoms with E-state index in [2.05, 4.69) is 15.3 Å². The van der Waals surface area contributed by atoms with Crippen molar-refractivity contribution in [1.82, 2.24) is 15.3 Å². The molecule has 128 valence electrons. The molecule has 2 rings (SSSR count). The second-order valence-electron chi connectivity index (χ2n) is 5.45. The molecule has 0 saturated carbocycles. The number of hydrogen-bond donors (Lipinski definition) is 1. The molecule has 1 N–H and O–H groups in total. The second-order valence-corrected chi connectivity index (χ2v) is 5.45. The van der Waals surface area contributed by atoms with Crippen LogP contribution in [0.5, 0.6) is 0 Å². The molecule has 24 heavy (non-hydrogen) atoms. The maximum atomic E-state index is 12.5. The van der Waals surface area contributed by atoms with Crippen molar-refractivity contribution < 1.29 is 18.0 Å². The van der Waals surface area contributed by atoms with Crippen molar-refractivity contribution in [2.45, 2.75) is 19.6 Å². The number of nitrogens with one attached hydrogen (secondary N) is 1. The van der Waals surface area contributed by atoms with E-state index in [1.807, 2.05) is 6.92 Å². The number of aromatic nitrogens is 2. The van der Waals surface area contributed by atoms with Crippen LogP contribution in [0.2, 0.25) is 0 Å². The van der Waals surface area contributed by atoms with E-state index in [4.69, 9.17) is 0 Å². The van der Waals surface area contributed by atoms with Crippen LogP contribution in [0.15, 0.2) is 30.3 Å². The molecule has 0 atom stereocenters. The fourth-order valence-corrected chi connectivity index (χ4v) is 1.99. The lowest BCUT2D eigenvalue weighted by atomic mass is 10.1. The number of anilines is 1. The lowest BCUT2D eigenvalue weighted by molar-refractivity contribution is -0.137. The van der Waals surface area contributed by atoms with Crippen LogP contribution < -0.4 is 10.2 Å². The molecular weight excluding hydrogens is 321 g/mol. The summed E-state index contributed by atoms with van der Waals surface area (Å²) in [5.74, 6) is 0.0557. The standard InChI is InChI=1S/C16H17F3N4O/c1-10-8-13(22-15(21-10)23(2)3)9-20-14(24)11-4-6-12(7-5-11)16(17,18)19/h4-8H,9H2,1-3H3,(H,20,24). The summed E-state index contributed by atoms with van der Waals surface area (Å²) < 4.78 is 37.5. The number of hydrogen-bond acceptors (Lipinski definition) is 4. The van der Waals surface area contributed by atoms with E-state index < -0.39 is 17.6 Å². The van der Waals surface area contributed by atoms with E-state index in [1.165, 1.54) is 0 Å². The first-order valence-corrected chi connectivity index (χ1v) is 7.14. The van der Waals surface area contributed by atoms with Gasteiger partial charge in [0.2, 0.25) is 5.95 Å². The number of halogens is 3. The van der Waals surface area contributed by atoms with Crippen LogP contribution in [-0.4, -0.2) is 30.0 Å². The van der Waals surface area contributed by atoms with E-state index in [-0.39, 0.29) is 12.1 Å². The zero-order chi connectivity index (χ0) is 17.9. The molecule has 0 aliphatic carbocycles. The predicted octanol–water partition coefficient (Wildman–Crippen LogP) is 2.80. The molecule has 0 bridgehead atoms.